The molecule has 16 heavy (non-hydrogen) atoms. The predicted molar refractivity (Wildman–Crippen MR) is 65.9 cm³/mol. The highest BCUT2D eigenvalue weighted by Gasteiger charge is 1.99. The Hall–Kier alpha value is -1.87. The number of hydrogen-bond donors (Lipinski definition) is 1. The number of nitrogens with zero attached hydrogens (tertiary/aromatic N) is 2. The third-order valence-corrected chi connectivity index (χ3v) is 2.34. The van der Waals surface area contributed by atoms with E-state index in [0.717, 1.165) is 12.1 Å². The normalized spacial score (nSPS) is 11.1. The second kappa shape index (κ2) is 5.28. The van der Waals surface area contributed by atoms with Gasteiger partial charge < -0.3 is 5.73 Å². The SMILES string of the molecule is NCC=CCn1cc(-c2ccccc2)cn1. The van der Waals surface area contributed by atoms with Crippen LogP contribution in [0.5, 0.6) is 0 Å². The van der Waals surface area contributed by atoms with Gasteiger partial charge in [-0.05, 0) is 5.56 Å². The number of nitrogens with two attached hydrogens (primary N) is 1. The first-order valence-electron chi connectivity index (χ1n) is 5.33. The van der Waals surface area contributed by atoms with Crippen molar-refractivity contribution in [1.29, 1.82) is 0 Å². The molecular formula is C13H15N3. The molecule has 2 rings (SSSR count). The monoisotopic (exact) mass is 213 g/mol. The van der Waals surface area contributed by atoms with Gasteiger partial charge in [-0.25, -0.2) is 0 Å². The smallest absolute Gasteiger partial charge is 0.0590 e. The molecule has 2 N–H and O–H groups in total. The molecule has 0 unspecified atom stereocenters. The molecule has 0 saturated carbocycles. The van der Waals surface area contributed by atoms with Crippen molar-refractivity contribution >= 4 is 0 Å². The molecule has 3 nitrogen and oxygen atoms in total. The van der Waals surface area contributed by atoms with Crippen LogP contribution in [0.15, 0.2) is 54.9 Å². The van der Waals surface area contributed by atoms with E-state index in [-0.39, 0.29) is 0 Å². The quantitative estimate of drug-likeness (QED) is 0.790. The van der Waals surface area contributed by atoms with E-state index in [0.29, 0.717) is 6.54 Å². The minimum Gasteiger partial charge on any atom is -0.327 e. The summed E-state index contributed by atoms with van der Waals surface area (Å²) in [6, 6.07) is 10.2. The molecule has 0 fully saturated rings. The maximum Gasteiger partial charge on any atom is 0.0590 e. The third-order valence-electron chi connectivity index (χ3n) is 2.34. The first-order chi connectivity index (χ1) is 7.90. The molecule has 0 saturated heterocycles. The molecule has 82 valence electrons. The molecule has 3 heteroatoms. The number of benzene rings is 1. The van der Waals surface area contributed by atoms with E-state index in [4.69, 9.17) is 5.73 Å². The van der Waals surface area contributed by atoms with E-state index in [1.165, 1.54) is 5.56 Å². The summed E-state index contributed by atoms with van der Waals surface area (Å²) in [6.07, 6.45) is 7.87. The second-order valence-electron chi connectivity index (χ2n) is 3.52. The molecule has 2 aromatic rings. The topological polar surface area (TPSA) is 43.8 Å². The predicted octanol–water partition coefficient (Wildman–Crippen LogP) is 2.06. The van der Waals surface area contributed by atoms with Gasteiger partial charge in [0.2, 0.25) is 0 Å². The van der Waals surface area contributed by atoms with E-state index in [9.17, 15) is 0 Å². The van der Waals surface area contributed by atoms with E-state index in [1.807, 2.05) is 47.4 Å². The Labute approximate surface area is 95.2 Å². The zero-order chi connectivity index (χ0) is 11.2. The summed E-state index contributed by atoms with van der Waals surface area (Å²) in [4.78, 5) is 0. The minimum absolute atomic E-state index is 0.576. The Balaban J connectivity index is 2.11. The summed E-state index contributed by atoms with van der Waals surface area (Å²) in [7, 11) is 0. The third kappa shape index (κ3) is 2.58. The van der Waals surface area contributed by atoms with Gasteiger partial charge in [-0.2, -0.15) is 5.10 Å². The summed E-state index contributed by atoms with van der Waals surface area (Å²) in [6.45, 7) is 1.34. The highest BCUT2D eigenvalue weighted by Crippen LogP contribution is 2.17. The zero-order valence-electron chi connectivity index (χ0n) is 9.08. The highest BCUT2D eigenvalue weighted by atomic mass is 15.3. The first kappa shape index (κ1) is 10.6. The lowest BCUT2D eigenvalue weighted by molar-refractivity contribution is 0.701. The van der Waals surface area contributed by atoms with Crippen molar-refractivity contribution in [2.75, 3.05) is 6.54 Å². The summed E-state index contributed by atoms with van der Waals surface area (Å²) < 4.78 is 1.90. The van der Waals surface area contributed by atoms with Crippen LogP contribution in [-0.2, 0) is 6.54 Å². The Kier molecular flexibility index (Phi) is 3.51. The van der Waals surface area contributed by atoms with E-state index in [1.54, 1.807) is 0 Å². The molecule has 0 spiro atoms. The molecule has 0 atom stereocenters. The molecule has 0 aliphatic rings. The van der Waals surface area contributed by atoms with Gasteiger partial charge in [0.05, 0.1) is 12.7 Å². The fourth-order valence-electron chi connectivity index (χ4n) is 1.52. The number of hydrogen-bond acceptors (Lipinski definition) is 2. The van der Waals surface area contributed by atoms with Crippen molar-refractivity contribution in [2.24, 2.45) is 5.73 Å². The van der Waals surface area contributed by atoms with Gasteiger partial charge in [0, 0.05) is 18.3 Å². The van der Waals surface area contributed by atoms with Crippen LogP contribution in [0.3, 0.4) is 0 Å². The molecule has 0 radical (unpaired) electrons. The summed E-state index contributed by atoms with van der Waals surface area (Å²) in [5.74, 6) is 0. The van der Waals surface area contributed by atoms with E-state index in [2.05, 4.69) is 17.2 Å². The first-order valence-corrected chi connectivity index (χ1v) is 5.33. The van der Waals surface area contributed by atoms with Crippen LogP contribution in [0.25, 0.3) is 11.1 Å². The van der Waals surface area contributed by atoms with Gasteiger partial charge in [-0.3, -0.25) is 4.68 Å². The highest BCUT2D eigenvalue weighted by molar-refractivity contribution is 5.61. The molecule has 1 aromatic carbocycles. The van der Waals surface area contributed by atoms with Crippen LogP contribution in [0, 0.1) is 0 Å². The van der Waals surface area contributed by atoms with Crippen LogP contribution in [-0.4, -0.2) is 16.3 Å². The van der Waals surface area contributed by atoms with E-state index >= 15 is 0 Å². The lowest BCUT2D eigenvalue weighted by Crippen LogP contribution is -1.97. The number of aromatic nitrogens is 2. The van der Waals surface area contributed by atoms with E-state index < -0.39 is 0 Å². The largest absolute Gasteiger partial charge is 0.327 e. The van der Waals surface area contributed by atoms with Crippen molar-refractivity contribution in [3.8, 4) is 11.1 Å². The summed E-state index contributed by atoms with van der Waals surface area (Å²) >= 11 is 0. The van der Waals surface area contributed by atoms with Gasteiger partial charge >= 0.3 is 0 Å². The van der Waals surface area contributed by atoms with Gasteiger partial charge in [-0.15, -0.1) is 0 Å². The molecule has 1 aromatic heterocycles. The average Bonchev–Trinajstić information content (AvgIpc) is 2.79. The number of rotatable bonds is 4. The van der Waals surface area contributed by atoms with Gasteiger partial charge in [-0.1, -0.05) is 42.5 Å². The van der Waals surface area contributed by atoms with Crippen LogP contribution in [0.4, 0.5) is 0 Å². The zero-order valence-corrected chi connectivity index (χ0v) is 9.08. The van der Waals surface area contributed by atoms with Crippen LogP contribution < -0.4 is 5.73 Å². The molecule has 1 heterocycles. The Morgan fingerprint density at radius 1 is 1.12 bits per heavy atom. The van der Waals surface area contributed by atoms with Crippen molar-refractivity contribution in [3.63, 3.8) is 0 Å². The van der Waals surface area contributed by atoms with Crippen molar-refractivity contribution in [2.45, 2.75) is 6.54 Å². The van der Waals surface area contributed by atoms with Gasteiger partial charge in [0.15, 0.2) is 0 Å². The van der Waals surface area contributed by atoms with Crippen molar-refractivity contribution in [1.82, 2.24) is 9.78 Å². The van der Waals surface area contributed by atoms with Crippen LogP contribution in [0.2, 0.25) is 0 Å². The minimum atomic E-state index is 0.576. The maximum absolute atomic E-state index is 5.37. The molecular weight excluding hydrogens is 198 g/mol. The van der Waals surface area contributed by atoms with Crippen LogP contribution >= 0.6 is 0 Å². The summed E-state index contributed by atoms with van der Waals surface area (Å²) in [5.41, 5.74) is 7.70. The molecule has 0 bridgehead atoms. The fourth-order valence-corrected chi connectivity index (χ4v) is 1.52. The summed E-state index contributed by atoms with van der Waals surface area (Å²) in [5, 5.41) is 4.29. The van der Waals surface area contributed by atoms with Crippen molar-refractivity contribution < 1.29 is 0 Å². The Bertz CT molecular complexity index is 457. The molecule has 0 aliphatic heterocycles. The fraction of sp³-hybridized carbons (Fsp3) is 0.154. The lowest BCUT2D eigenvalue weighted by Gasteiger charge is -1.95. The van der Waals surface area contributed by atoms with Crippen molar-refractivity contribution in [3.05, 3.63) is 54.9 Å². The van der Waals surface area contributed by atoms with Gasteiger partial charge in [0.25, 0.3) is 0 Å². The Morgan fingerprint density at radius 3 is 2.69 bits per heavy atom. The van der Waals surface area contributed by atoms with Gasteiger partial charge in [0.1, 0.15) is 0 Å². The average molecular weight is 213 g/mol. The number of allylic oxidation sites excluding steroid dienone is 1. The molecule has 0 amide bonds. The van der Waals surface area contributed by atoms with Crippen LogP contribution in [0.1, 0.15) is 0 Å². The maximum atomic E-state index is 5.37. The lowest BCUT2D eigenvalue weighted by atomic mass is 10.1. The standard InChI is InChI=1S/C13H15N3/c14-8-4-5-9-16-11-13(10-15-16)12-6-2-1-3-7-12/h1-7,10-11H,8-9,14H2. The second-order valence-corrected chi connectivity index (χ2v) is 3.52. The Morgan fingerprint density at radius 2 is 1.94 bits per heavy atom. The molecule has 0 aliphatic carbocycles.